The van der Waals surface area contributed by atoms with E-state index >= 15 is 0 Å². The fourth-order valence-electron chi connectivity index (χ4n) is 2.93. The number of nitrogens with one attached hydrogen (secondary N) is 1. The maximum Gasteiger partial charge on any atom is 0.322 e. The van der Waals surface area contributed by atoms with Gasteiger partial charge in [-0.05, 0) is 38.6 Å². The first-order valence-corrected chi connectivity index (χ1v) is 7.43. The van der Waals surface area contributed by atoms with Crippen LogP contribution >= 0.6 is 0 Å². The van der Waals surface area contributed by atoms with Crippen LogP contribution in [0.3, 0.4) is 0 Å². The van der Waals surface area contributed by atoms with Gasteiger partial charge < -0.3 is 10.4 Å². The second-order valence-corrected chi connectivity index (χ2v) is 5.76. The molecule has 1 heterocycles. The molecular formula is C14H26N2O2. The second kappa shape index (κ2) is 6.53. The van der Waals surface area contributed by atoms with Crippen molar-refractivity contribution in [1.82, 2.24) is 10.2 Å². The standard InChI is InChI=1S/C14H26N2O2/c1-2-5-12-6-3-4-9-16(12)10-13(14(17)18)15-11-7-8-11/h11-13,15H,2-10H2,1H3,(H,17,18). The van der Waals surface area contributed by atoms with E-state index in [0.29, 0.717) is 18.6 Å². The molecule has 4 heteroatoms. The normalized spacial score (nSPS) is 27.1. The molecule has 1 aliphatic heterocycles. The van der Waals surface area contributed by atoms with E-state index < -0.39 is 5.97 Å². The first-order valence-electron chi connectivity index (χ1n) is 7.43. The molecule has 0 aromatic carbocycles. The van der Waals surface area contributed by atoms with Crippen LogP contribution in [-0.4, -0.2) is 47.2 Å². The van der Waals surface area contributed by atoms with E-state index in [1.807, 2.05) is 0 Å². The van der Waals surface area contributed by atoms with Crippen LogP contribution in [0.4, 0.5) is 0 Å². The smallest absolute Gasteiger partial charge is 0.322 e. The molecule has 0 amide bonds. The van der Waals surface area contributed by atoms with Gasteiger partial charge in [0.15, 0.2) is 0 Å². The first kappa shape index (κ1) is 13.8. The summed E-state index contributed by atoms with van der Waals surface area (Å²) < 4.78 is 0. The fourth-order valence-corrected chi connectivity index (χ4v) is 2.93. The zero-order chi connectivity index (χ0) is 13.0. The minimum Gasteiger partial charge on any atom is -0.480 e. The molecule has 2 rings (SSSR count). The molecule has 18 heavy (non-hydrogen) atoms. The zero-order valence-corrected chi connectivity index (χ0v) is 11.4. The van der Waals surface area contributed by atoms with Gasteiger partial charge in [0.25, 0.3) is 0 Å². The molecule has 0 aromatic heterocycles. The summed E-state index contributed by atoms with van der Waals surface area (Å²) in [6.07, 6.45) is 8.43. The Morgan fingerprint density at radius 1 is 1.39 bits per heavy atom. The summed E-state index contributed by atoms with van der Waals surface area (Å²) in [5.41, 5.74) is 0. The van der Waals surface area contributed by atoms with E-state index in [1.54, 1.807) is 0 Å². The molecule has 0 bridgehead atoms. The SMILES string of the molecule is CCCC1CCCCN1CC(NC1CC1)C(=O)O. The van der Waals surface area contributed by atoms with Crippen molar-refractivity contribution < 1.29 is 9.90 Å². The Morgan fingerprint density at radius 2 is 2.17 bits per heavy atom. The third-order valence-corrected chi connectivity index (χ3v) is 4.10. The number of likely N-dealkylation sites (tertiary alicyclic amines) is 1. The van der Waals surface area contributed by atoms with Crippen molar-refractivity contribution in [2.24, 2.45) is 0 Å². The highest BCUT2D eigenvalue weighted by Gasteiger charge is 2.31. The van der Waals surface area contributed by atoms with Gasteiger partial charge in [0.05, 0.1) is 0 Å². The average molecular weight is 254 g/mol. The molecule has 0 aromatic rings. The molecule has 104 valence electrons. The second-order valence-electron chi connectivity index (χ2n) is 5.76. The summed E-state index contributed by atoms with van der Waals surface area (Å²) in [6, 6.07) is 0.682. The third kappa shape index (κ3) is 3.95. The fraction of sp³-hybridized carbons (Fsp3) is 0.929. The van der Waals surface area contributed by atoms with E-state index in [4.69, 9.17) is 0 Å². The van der Waals surface area contributed by atoms with Crippen molar-refractivity contribution in [1.29, 1.82) is 0 Å². The van der Waals surface area contributed by atoms with Gasteiger partial charge in [-0.1, -0.05) is 19.8 Å². The Kier molecular flexibility index (Phi) is 5.01. The highest BCUT2D eigenvalue weighted by atomic mass is 16.4. The highest BCUT2D eigenvalue weighted by Crippen LogP contribution is 2.23. The van der Waals surface area contributed by atoms with Crippen molar-refractivity contribution in [3.63, 3.8) is 0 Å². The van der Waals surface area contributed by atoms with E-state index in [0.717, 1.165) is 19.4 Å². The van der Waals surface area contributed by atoms with Crippen LogP contribution < -0.4 is 5.32 Å². The monoisotopic (exact) mass is 254 g/mol. The van der Waals surface area contributed by atoms with E-state index in [2.05, 4.69) is 17.1 Å². The zero-order valence-electron chi connectivity index (χ0n) is 11.4. The molecule has 2 atom stereocenters. The van der Waals surface area contributed by atoms with Gasteiger partial charge in [-0.15, -0.1) is 0 Å². The van der Waals surface area contributed by atoms with Gasteiger partial charge in [0.2, 0.25) is 0 Å². The number of carboxylic acid groups (broad SMARTS) is 1. The van der Waals surface area contributed by atoms with Crippen LogP contribution in [0.2, 0.25) is 0 Å². The Bertz CT molecular complexity index is 277. The van der Waals surface area contributed by atoms with Gasteiger partial charge >= 0.3 is 5.97 Å². The lowest BCUT2D eigenvalue weighted by atomic mass is 9.97. The van der Waals surface area contributed by atoms with E-state index in [-0.39, 0.29) is 6.04 Å². The summed E-state index contributed by atoms with van der Waals surface area (Å²) in [4.78, 5) is 13.7. The molecule has 2 aliphatic rings. The molecule has 0 spiro atoms. The minimum absolute atomic E-state index is 0.380. The molecule has 0 radical (unpaired) electrons. The topological polar surface area (TPSA) is 52.6 Å². The van der Waals surface area contributed by atoms with Crippen molar-refractivity contribution >= 4 is 5.97 Å². The predicted molar refractivity (Wildman–Crippen MR) is 71.7 cm³/mol. The number of aliphatic carboxylic acids is 1. The lowest BCUT2D eigenvalue weighted by molar-refractivity contribution is -0.140. The summed E-state index contributed by atoms with van der Waals surface area (Å²) in [5.74, 6) is -0.692. The molecule has 1 saturated carbocycles. The quantitative estimate of drug-likeness (QED) is 0.728. The van der Waals surface area contributed by atoms with Crippen molar-refractivity contribution in [3.8, 4) is 0 Å². The van der Waals surface area contributed by atoms with E-state index in [9.17, 15) is 9.90 Å². The lowest BCUT2D eigenvalue weighted by Crippen LogP contribution is -2.51. The number of carboxylic acids is 1. The molecule has 1 saturated heterocycles. The summed E-state index contributed by atoms with van der Waals surface area (Å²) in [7, 11) is 0. The highest BCUT2D eigenvalue weighted by molar-refractivity contribution is 5.73. The van der Waals surface area contributed by atoms with Crippen molar-refractivity contribution in [2.45, 2.75) is 70.0 Å². The van der Waals surface area contributed by atoms with Crippen LogP contribution in [-0.2, 0) is 4.79 Å². The third-order valence-electron chi connectivity index (χ3n) is 4.10. The van der Waals surface area contributed by atoms with Crippen molar-refractivity contribution in [3.05, 3.63) is 0 Å². The predicted octanol–water partition coefficient (Wildman–Crippen LogP) is 1.85. The molecule has 4 nitrogen and oxygen atoms in total. The molecule has 2 fully saturated rings. The number of nitrogens with zero attached hydrogens (tertiary/aromatic N) is 1. The maximum atomic E-state index is 11.3. The Labute approximate surface area is 110 Å². The minimum atomic E-state index is -0.692. The number of carbonyl (C=O) groups is 1. The Morgan fingerprint density at radius 3 is 2.78 bits per heavy atom. The number of hydrogen-bond donors (Lipinski definition) is 2. The number of rotatable bonds is 7. The Hall–Kier alpha value is -0.610. The Balaban J connectivity index is 1.87. The lowest BCUT2D eigenvalue weighted by Gasteiger charge is -2.37. The van der Waals surface area contributed by atoms with Gasteiger partial charge in [-0.3, -0.25) is 9.69 Å². The van der Waals surface area contributed by atoms with Crippen LogP contribution in [0.5, 0.6) is 0 Å². The van der Waals surface area contributed by atoms with Crippen LogP contribution in [0.1, 0.15) is 51.9 Å². The molecule has 2 N–H and O–H groups in total. The number of hydrogen-bond acceptors (Lipinski definition) is 3. The molecule has 1 aliphatic carbocycles. The van der Waals surface area contributed by atoms with Crippen molar-refractivity contribution in [2.75, 3.05) is 13.1 Å². The van der Waals surface area contributed by atoms with Crippen LogP contribution in [0.25, 0.3) is 0 Å². The first-order chi connectivity index (χ1) is 8.70. The molecular weight excluding hydrogens is 228 g/mol. The molecule has 2 unspecified atom stereocenters. The van der Waals surface area contributed by atoms with Crippen LogP contribution in [0, 0.1) is 0 Å². The van der Waals surface area contributed by atoms with Gasteiger partial charge in [-0.2, -0.15) is 0 Å². The van der Waals surface area contributed by atoms with Gasteiger partial charge in [0, 0.05) is 18.6 Å². The number of piperidine rings is 1. The summed E-state index contributed by atoms with van der Waals surface area (Å²) >= 11 is 0. The van der Waals surface area contributed by atoms with Gasteiger partial charge in [-0.25, -0.2) is 0 Å². The van der Waals surface area contributed by atoms with Crippen LogP contribution in [0.15, 0.2) is 0 Å². The summed E-state index contributed by atoms with van der Waals surface area (Å²) in [6.45, 7) is 3.96. The average Bonchev–Trinajstić information content (AvgIpc) is 3.15. The summed E-state index contributed by atoms with van der Waals surface area (Å²) in [5, 5.41) is 12.6. The largest absolute Gasteiger partial charge is 0.480 e. The van der Waals surface area contributed by atoms with E-state index in [1.165, 1.54) is 32.1 Å². The van der Waals surface area contributed by atoms with Gasteiger partial charge in [0.1, 0.15) is 6.04 Å². The maximum absolute atomic E-state index is 11.3.